The highest BCUT2D eigenvalue weighted by molar-refractivity contribution is 5.99. The molecule has 1 saturated heterocycles. The Kier molecular flexibility index (Phi) is 9.52. The zero-order valence-corrected chi connectivity index (χ0v) is 23.5. The molecule has 1 aliphatic carbocycles. The van der Waals surface area contributed by atoms with E-state index in [9.17, 15) is 14.4 Å². The van der Waals surface area contributed by atoms with Gasteiger partial charge in [-0.25, -0.2) is 4.79 Å². The summed E-state index contributed by atoms with van der Waals surface area (Å²) >= 11 is 0. The average molecular weight is 554 g/mol. The molecular formula is C33H39N5O3. The van der Waals surface area contributed by atoms with Crippen LogP contribution < -0.4 is 15.5 Å². The number of hydrogen-bond acceptors (Lipinski definition) is 4. The van der Waals surface area contributed by atoms with Crippen molar-refractivity contribution in [3.63, 3.8) is 0 Å². The molecule has 0 spiro atoms. The first-order valence-corrected chi connectivity index (χ1v) is 14.6. The average Bonchev–Trinajstić information content (AvgIpc) is 3.02. The lowest BCUT2D eigenvalue weighted by molar-refractivity contribution is -0.117. The smallest absolute Gasteiger partial charge is 0.317 e. The highest BCUT2D eigenvalue weighted by atomic mass is 16.2. The molecule has 8 nitrogen and oxygen atoms in total. The molecule has 2 aliphatic rings. The lowest BCUT2D eigenvalue weighted by Crippen LogP contribution is -2.53. The van der Waals surface area contributed by atoms with Crippen LogP contribution in [0.3, 0.4) is 0 Å². The second-order valence-electron chi connectivity index (χ2n) is 10.9. The van der Waals surface area contributed by atoms with Gasteiger partial charge >= 0.3 is 6.03 Å². The maximum atomic E-state index is 13.2. The molecule has 0 aromatic heterocycles. The molecule has 214 valence electrons. The SMILES string of the molecule is O=C(CN(Cc1ccccc1)C(=O)c1ccccc1)Nc1ccc(N2CCN(C(=O)NC3CCCCC3)CC2)cc1. The molecule has 3 aromatic rings. The summed E-state index contributed by atoms with van der Waals surface area (Å²) in [7, 11) is 0. The monoisotopic (exact) mass is 553 g/mol. The van der Waals surface area contributed by atoms with Gasteiger partial charge in [-0.3, -0.25) is 9.59 Å². The fourth-order valence-corrected chi connectivity index (χ4v) is 5.58. The standard InChI is InChI=1S/C33H39N5O3/c39-31(25-38(24-26-10-4-1-5-11-26)32(40)27-12-6-2-7-13-27)34-29-16-18-30(19-17-29)36-20-22-37(23-21-36)33(41)35-28-14-8-3-9-15-28/h1-2,4-7,10-13,16-19,28H,3,8-9,14-15,20-25H2,(H,34,39)(H,35,41). The van der Waals surface area contributed by atoms with Crippen LogP contribution in [0.15, 0.2) is 84.9 Å². The first kappa shape index (κ1) is 28.2. The van der Waals surface area contributed by atoms with E-state index < -0.39 is 0 Å². The van der Waals surface area contributed by atoms with E-state index >= 15 is 0 Å². The van der Waals surface area contributed by atoms with Gasteiger partial charge in [0.25, 0.3) is 5.91 Å². The Balaban J connectivity index is 1.14. The van der Waals surface area contributed by atoms with Crippen molar-refractivity contribution in [1.29, 1.82) is 0 Å². The number of carbonyl (C=O) groups excluding carboxylic acids is 3. The first-order chi connectivity index (χ1) is 20.0. The minimum atomic E-state index is -0.254. The maximum Gasteiger partial charge on any atom is 0.317 e. The maximum absolute atomic E-state index is 13.2. The number of hydrogen-bond donors (Lipinski definition) is 2. The Bertz CT molecular complexity index is 1290. The number of nitrogens with zero attached hydrogens (tertiary/aromatic N) is 3. The van der Waals surface area contributed by atoms with Crippen LogP contribution in [-0.4, -0.2) is 66.4 Å². The lowest BCUT2D eigenvalue weighted by Gasteiger charge is -2.37. The van der Waals surface area contributed by atoms with E-state index in [0.717, 1.165) is 37.2 Å². The number of anilines is 2. The van der Waals surface area contributed by atoms with Gasteiger partial charge < -0.3 is 25.3 Å². The molecule has 3 aromatic carbocycles. The molecular weight excluding hydrogens is 514 g/mol. The molecule has 8 heteroatoms. The summed E-state index contributed by atoms with van der Waals surface area (Å²) in [5, 5.41) is 6.16. The van der Waals surface area contributed by atoms with Gasteiger partial charge in [-0.1, -0.05) is 67.8 Å². The van der Waals surface area contributed by atoms with Crippen LogP contribution in [-0.2, 0) is 11.3 Å². The van der Waals surface area contributed by atoms with E-state index in [1.165, 1.54) is 19.3 Å². The molecule has 2 N–H and O–H groups in total. The summed E-state index contributed by atoms with van der Waals surface area (Å²) in [6, 6.07) is 26.8. The number of urea groups is 1. The predicted molar refractivity (Wildman–Crippen MR) is 162 cm³/mol. The van der Waals surface area contributed by atoms with Gasteiger partial charge in [0.05, 0.1) is 0 Å². The molecule has 0 atom stereocenters. The van der Waals surface area contributed by atoms with Gasteiger partial charge in [-0.2, -0.15) is 0 Å². The van der Waals surface area contributed by atoms with Crippen molar-refractivity contribution in [3.8, 4) is 0 Å². The summed E-state index contributed by atoms with van der Waals surface area (Å²) in [5.74, 6) is -0.443. The number of rotatable bonds is 8. The molecule has 1 aliphatic heterocycles. The minimum Gasteiger partial charge on any atom is -0.368 e. The highest BCUT2D eigenvalue weighted by Crippen LogP contribution is 2.21. The summed E-state index contributed by atoms with van der Waals surface area (Å²) in [5.41, 5.74) is 3.24. The third kappa shape index (κ3) is 7.87. The van der Waals surface area contributed by atoms with Crippen molar-refractivity contribution in [3.05, 3.63) is 96.1 Å². The van der Waals surface area contributed by atoms with Crippen molar-refractivity contribution in [1.82, 2.24) is 15.1 Å². The normalized spacial score (nSPS) is 15.7. The zero-order valence-electron chi connectivity index (χ0n) is 23.5. The largest absolute Gasteiger partial charge is 0.368 e. The zero-order chi connectivity index (χ0) is 28.4. The van der Waals surface area contributed by atoms with Gasteiger partial charge in [0.2, 0.25) is 5.91 Å². The van der Waals surface area contributed by atoms with E-state index in [-0.39, 0.29) is 24.4 Å². The molecule has 41 heavy (non-hydrogen) atoms. The van der Waals surface area contributed by atoms with Crippen LogP contribution >= 0.6 is 0 Å². The molecule has 1 heterocycles. The van der Waals surface area contributed by atoms with Gasteiger partial charge in [-0.15, -0.1) is 0 Å². The predicted octanol–water partition coefficient (Wildman–Crippen LogP) is 5.13. The number of benzene rings is 3. The van der Waals surface area contributed by atoms with Crippen molar-refractivity contribution in [2.24, 2.45) is 0 Å². The molecule has 2 fully saturated rings. The second kappa shape index (κ2) is 13.8. The van der Waals surface area contributed by atoms with E-state index in [1.54, 1.807) is 17.0 Å². The minimum absolute atomic E-state index is 0.0571. The Morgan fingerprint density at radius 1 is 0.756 bits per heavy atom. The molecule has 0 unspecified atom stereocenters. The fourth-order valence-electron chi connectivity index (χ4n) is 5.58. The van der Waals surface area contributed by atoms with E-state index in [2.05, 4.69) is 15.5 Å². The fraction of sp³-hybridized carbons (Fsp3) is 0.364. The summed E-state index contributed by atoms with van der Waals surface area (Å²) in [4.78, 5) is 44.7. The van der Waals surface area contributed by atoms with Crippen molar-refractivity contribution in [2.45, 2.75) is 44.7 Å². The van der Waals surface area contributed by atoms with Crippen molar-refractivity contribution in [2.75, 3.05) is 42.9 Å². The number of amides is 4. The molecule has 0 radical (unpaired) electrons. The highest BCUT2D eigenvalue weighted by Gasteiger charge is 2.24. The third-order valence-corrected chi connectivity index (χ3v) is 7.87. The Hall–Kier alpha value is -4.33. The van der Waals surface area contributed by atoms with E-state index in [4.69, 9.17) is 0 Å². The number of carbonyl (C=O) groups is 3. The van der Waals surface area contributed by atoms with Crippen LogP contribution in [0.4, 0.5) is 16.2 Å². The Morgan fingerprint density at radius 2 is 1.39 bits per heavy atom. The lowest BCUT2D eigenvalue weighted by atomic mass is 9.96. The van der Waals surface area contributed by atoms with Crippen LogP contribution in [0.5, 0.6) is 0 Å². The van der Waals surface area contributed by atoms with Crippen molar-refractivity contribution < 1.29 is 14.4 Å². The number of nitrogens with one attached hydrogen (secondary N) is 2. The van der Waals surface area contributed by atoms with Crippen LogP contribution in [0.2, 0.25) is 0 Å². The van der Waals surface area contributed by atoms with Gasteiger partial charge in [0.1, 0.15) is 6.54 Å². The summed E-state index contributed by atoms with van der Waals surface area (Å²) in [6.07, 6.45) is 5.85. The third-order valence-electron chi connectivity index (χ3n) is 7.87. The second-order valence-corrected chi connectivity index (χ2v) is 10.9. The van der Waals surface area contributed by atoms with E-state index in [1.807, 2.05) is 77.7 Å². The molecule has 0 bridgehead atoms. The van der Waals surface area contributed by atoms with Gasteiger partial charge in [0, 0.05) is 55.7 Å². The quantitative estimate of drug-likeness (QED) is 0.405. The van der Waals surface area contributed by atoms with Gasteiger partial charge in [0.15, 0.2) is 0 Å². The summed E-state index contributed by atoms with van der Waals surface area (Å²) in [6.45, 7) is 3.17. The van der Waals surface area contributed by atoms with Crippen LogP contribution in [0.1, 0.15) is 48.0 Å². The van der Waals surface area contributed by atoms with E-state index in [0.29, 0.717) is 36.9 Å². The number of piperazine rings is 1. The van der Waals surface area contributed by atoms with Crippen LogP contribution in [0.25, 0.3) is 0 Å². The molecule has 1 saturated carbocycles. The van der Waals surface area contributed by atoms with Gasteiger partial charge in [-0.05, 0) is 54.8 Å². The van der Waals surface area contributed by atoms with Crippen LogP contribution in [0, 0.1) is 0 Å². The first-order valence-electron chi connectivity index (χ1n) is 14.6. The molecule has 5 rings (SSSR count). The topological polar surface area (TPSA) is 85.0 Å². The Morgan fingerprint density at radius 3 is 2.05 bits per heavy atom. The molecule has 4 amide bonds. The summed E-state index contributed by atoms with van der Waals surface area (Å²) < 4.78 is 0. The van der Waals surface area contributed by atoms with Crippen molar-refractivity contribution >= 4 is 29.2 Å². The Labute approximate surface area is 242 Å².